The zero-order valence-corrected chi connectivity index (χ0v) is 8.12. The Hall–Kier alpha value is -1.24. The maximum absolute atomic E-state index is 2.27. The molecule has 0 bridgehead atoms. The molecule has 1 nitrogen and oxygen atoms in total. The molecule has 1 heterocycles. The van der Waals surface area contributed by atoms with Crippen LogP contribution in [0, 0.1) is 6.42 Å². The summed E-state index contributed by atoms with van der Waals surface area (Å²) in [5, 5.41) is 1.35. The summed E-state index contributed by atoms with van der Waals surface area (Å²) in [6, 6.07) is 8.51. The summed E-state index contributed by atoms with van der Waals surface area (Å²) in [7, 11) is 2.09. The van der Waals surface area contributed by atoms with Crippen molar-refractivity contribution in [1.82, 2.24) is 4.57 Å². The maximum Gasteiger partial charge on any atom is 0.0480 e. The van der Waals surface area contributed by atoms with Gasteiger partial charge in [-0.15, -0.1) is 0 Å². The Labute approximate surface area is 79.0 Å². The highest BCUT2D eigenvalue weighted by atomic mass is 14.9. The Kier molecular flexibility index (Phi) is 2.09. The average molecular weight is 172 g/mol. The van der Waals surface area contributed by atoms with Crippen LogP contribution >= 0.6 is 0 Å². The molecule has 2 aromatic rings. The molecule has 1 radical (unpaired) electrons. The molecule has 1 heteroatoms. The van der Waals surface area contributed by atoms with Crippen molar-refractivity contribution < 1.29 is 0 Å². The van der Waals surface area contributed by atoms with Crippen molar-refractivity contribution in [2.24, 2.45) is 7.05 Å². The van der Waals surface area contributed by atoms with E-state index in [2.05, 4.69) is 55.4 Å². The molecule has 67 valence electrons. The number of nitrogens with zero attached hydrogens (tertiary/aromatic N) is 1. The third-order valence-corrected chi connectivity index (χ3v) is 2.35. The van der Waals surface area contributed by atoms with Gasteiger partial charge in [-0.3, -0.25) is 0 Å². The summed E-state index contributed by atoms with van der Waals surface area (Å²) >= 11 is 0. The minimum Gasteiger partial charge on any atom is -0.350 e. The first kappa shape index (κ1) is 8.36. The standard InChI is InChI=1S/C12H14N/c1-3-6-10-9-13(2)12-8-5-4-7-11(10)12/h4-9H,3H2,1-2H3. The SMILES string of the molecule is CC[CH]c1cn(C)c2ccccc12. The lowest BCUT2D eigenvalue weighted by Gasteiger charge is -1.94. The molecule has 0 N–H and O–H groups in total. The second kappa shape index (κ2) is 3.25. The van der Waals surface area contributed by atoms with Crippen LogP contribution in [0.4, 0.5) is 0 Å². The van der Waals surface area contributed by atoms with Gasteiger partial charge in [0.15, 0.2) is 0 Å². The normalized spacial score (nSPS) is 10.9. The van der Waals surface area contributed by atoms with Gasteiger partial charge in [-0.05, 0) is 24.5 Å². The average Bonchev–Trinajstić information content (AvgIpc) is 2.46. The van der Waals surface area contributed by atoms with E-state index in [0.29, 0.717) is 0 Å². The Morgan fingerprint density at radius 2 is 2.08 bits per heavy atom. The van der Waals surface area contributed by atoms with E-state index in [0.717, 1.165) is 6.42 Å². The predicted molar refractivity (Wildman–Crippen MR) is 56.6 cm³/mol. The van der Waals surface area contributed by atoms with Gasteiger partial charge in [-0.1, -0.05) is 25.1 Å². The molecule has 0 atom stereocenters. The Morgan fingerprint density at radius 3 is 2.85 bits per heavy atom. The zero-order chi connectivity index (χ0) is 9.26. The van der Waals surface area contributed by atoms with Crippen molar-refractivity contribution in [2.45, 2.75) is 13.3 Å². The molecule has 1 aromatic carbocycles. The molecule has 13 heavy (non-hydrogen) atoms. The number of benzene rings is 1. The molecule has 0 spiro atoms. The Bertz CT molecular complexity index is 412. The van der Waals surface area contributed by atoms with Crippen molar-refractivity contribution in [3.8, 4) is 0 Å². The highest BCUT2D eigenvalue weighted by Crippen LogP contribution is 2.22. The topological polar surface area (TPSA) is 4.93 Å². The third-order valence-electron chi connectivity index (χ3n) is 2.35. The zero-order valence-electron chi connectivity index (χ0n) is 8.12. The summed E-state index contributed by atoms with van der Waals surface area (Å²) in [5.41, 5.74) is 2.66. The minimum atomic E-state index is 1.09. The molecule has 0 unspecified atom stereocenters. The van der Waals surface area contributed by atoms with Crippen LogP contribution in [0.25, 0.3) is 10.9 Å². The van der Waals surface area contributed by atoms with E-state index >= 15 is 0 Å². The van der Waals surface area contributed by atoms with Crippen LogP contribution in [-0.4, -0.2) is 4.57 Å². The monoisotopic (exact) mass is 172 g/mol. The van der Waals surface area contributed by atoms with Gasteiger partial charge < -0.3 is 4.57 Å². The first-order valence-electron chi connectivity index (χ1n) is 4.70. The molecule has 0 saturated heterocycles. The van der Waals surface area contributed by atoms with Crippen LogP contribution in [0.15, 0.2) is 30.5 Å². The number of aryl methyl sites for hydroxylation is 1. The van der Waals surface area contributed by atoms with Gasteiger partial charge >= 0.3 is 0 Å². The largest absolute Gasteiger partial charge is 0.350 e. The number of para-hydroxylation sites is 1. The van der Waals surface area contributed by atoms with Crippen molar-refractivity contribution >= 4 is 10.9 Å². The Morgan fingerprint density at radius 1 is 1.31 bits per heavy atom. The van der Waals surface area contributed by atoms with E-state index in [-0.39, 0.29) is 0 Å². The first-order chi connectivity index (χ1) is 6.33. The van der Waals surface area contributed by atoms with Crippen LogP contribution in [0.5, 0.6) is 0 Å². The van der Waals surface area contributed by atoms with Crippen molar-refractivity contribution in [3.05, 3.63) is 42.4 Å². The molecule has 0 saturated carbocycles. The molecule has 1 aromatic heterocycles. The van der Waals surface area contributed by atoms with Crippen molar-refractivity contribution in [2.75, 3.05) is 0 Å². The van der Waals surface area contributed by atoms with Gasteiger partial charge in [-0.2, -0.15) is 0 Å². The lowest BCUT2D eigenvalue weighted by molar-refractivity contribution is 0.961. The summed E-state index contributed by atoms with van der Waals surface area (Å²) in [6.45, 7) is 2.17. The molecule has 0 aliphatic rings. The van der Waals surface area contributed by atoms with Gasteiger partial charge in [0.1, 0.15) is 0 Å². The number of hydrogen-bond acceptors (Lipinski definition) is 0. The lowest BCUT2D eigenvalue weighted by atomic mass is 10.1. The number of aromatic nitrogens is 1. The van der Waals surface area contributed by atoms with E-state index in [1.807, 2.05) is 0 Å². The fraction of sp³-hybridized carbons (Fsp3) is 0.250. The van der Waals surface area contributed by atoms with E-state index in [9.17, 15) is 0 Å². The molecule has 0 aliphatic heterocycles. The smallest absolute Gasteiger partial charge is 0.0480 e. The quantitative estimate of drug-likeness (QED) is 0.655. The molecule has 0 fully saturated rings. The van der Waals surface area contributed by atoms with Crippen LogP contribution < -0.4 is 0 Å². The third kappa shape index (κ3) is 1.35. The molecule has 0 aliphatic carbocycles. The summed E-state index contributed by atoms with van der Waals surface area (Å²) in [5.74, 6) is 0. The van der Waals surface area contributed by atoms with E-state index in [1.54, 1.807) is 0 Å². The Balaban J connectivity index is 2.63. The maximum atomic E-state index is 2.27. The summed E-state index contributed by atoms with van der Waals surface area (Å²) in [6.07, 6.45) is 5.55. The number of fused-ring (bicyclic) bond motifs is 1. The first-order valence-corrected chi connectivity index (χ1v) is 4.70. The molecule has 0 amide bonds. The van der Waals surface area contributed by atoms with E-state index in [4.69, 9.17) is 0 Å². The van der Waals surface area contributed by atoms with Gasteiger partial charge in [0.25, 0.3) is 0 Å². The molecule has 2 rings (SSSR count). The fourth-order valence-electron chi connectivity index (χ4n) is 1.76. The second-order valence-electron chi connectivity index (χ2n) is 3.32. The van der Waals surface area contributed by atoms with Crippen LogP contribution in [0.1, 0.15) is 18.9 Å². The predicted octanol–water partition coefficient (Wildman–Crippen LogP) is 3.14. The second-order valence-corrected chi connectivity index (χ2v) is 3.32. The van der Waals surface area contributed by atoms with Crippen LogP contribution in [0.3, 0.4) is 0 Å². The van der Waals surface area contributed by atoms with E-state index < -0.39 is 0 Å². The van der Waals surface area contributed by atoms with Crippen molar-refractivity contribution in [3.63, 3.8) is 0 Å². The lowest BCUT2D eigenvalue weighted by Crippen LogP contribution is -1.81. The van der Waals surface area contributed by atoms with Crippen LogP contribution in [0.2, 0.25) is 0 Å². The number of rotatable bonds is 2. The summed E-state index contributed by atoms with van der Waals surface area (Å²) in [4.78, 5) is 0. The van der Waals surface area contributed by atoms with Gasteiger partial charge in [0.05, 0.1) is 0 Å². The van der Waals surface area contributed by atoms with Gasteiger partial charge in [0.2, 0.25) is 0 Å². The summed E-state index contributed by atoms with van der Waals surface area (Å²) < 4.78 is 2.18. The molecular formula is C12H14N. The minimum absolute atomic E-state index is 1.09. The fourth-order valence-corrected chi connectivity index (χ4v) is 1.76. The van der Waals surface area contributed by atoms with Crippen LogP contribution in [-0.2, 0) is 7.05 Å². The highest BCUT2D eigenvalue weighted by molar-refractivity contribution is 5.85. The van der Waals surface area contributed by atoms with Gasteiger partial charge in [-0.25, -0.2) is 0 Å². The van der Waals surface area contributed by atoms with Gasteiger partial charge in [0, 0.05) is 24.1 Å². The van der Waals surface area contributed by atoms with E-state index in [1.165, 1.54) is 16.5 Å². The van der Waals surface area contributed by atoms with Crippen molar-refractivity contribution in [1.29, 1.82) is 0 Å². The molecular weight excluding hydrogens is 158 g/mol. The number of hydrogen-bond donors (Lipinski definition) is 0. The highest BCUT2D eigenvalue weighted by Gasteiger charge is 2.03.